The molecule has 0 radical (unpaired) electrons. The SMILES string of the molecule is C=CC(C)(C)C(=O)O[SiH3]. The topological polar surface area (TPSA) is 26.3 Å². The molecule has 0 atom stereocenters. The summed E-state index contributed by atoms with van der Waals surface area (Å²) in [6.07, 6.45) is 1.59. The third-order valence-electron chi connectivity index (χ3n) is 1.22. The van der Waals surface area contributed by atoms with E-state index in [0.29, 0.717) is 10.5 Å². The van der Waals surface area contributed by atoms with E-state index in [1.54, 1.807) is 19.9 Å². The van der Waals surface area contributed by atoms with Gasteiger partial charge in [-0.2, -0.15) is 0 Å². The molecule has 0 rings (SSSR count). The lowest BCUT2D eigenvalue weighted by Crippen LogP contribution is -2.22. The van der Waals surface area contributed by atoms with Crippen LogP contribution in [0.2, 0.25) is 0 Å². The molecule has 0 N–H and O–H groups in total. The Kier molecular flexibility index (Phi) is 2.64. The molecule has 52 valence electrons. The summed E-state index contributed by atoms with van der Waals surface area (Å²) in [5, 5.41) is 0. The van der Waals surface area contributed by atoms with Crippen molar-refractivity contribution in [2.24, 2.45) is 5.41 Å². The molecule has 0 fully saturated rings. The van der Waals surface area contributed by atoms with Crippen LogP contribution in [-0.4, -0.2) is 16.5 Å². The quantitative estimate of drug-likeness (QED) is 0.403. The number of carbonyl (C=O) groups excluding carboxylic acids is 1. The lowest BCUT2D eigenvalue weighted by molar-refractivity contribution is -0.141. The Morgan fingerprint density at radius 1 is 1.78 bits per heavy atom. The first kappa shape index (κ1) is 8.43. The van der Waals surface area contributed by atoms with Crippen molar-refractivity contribution in [1.29, 1.82) is 0 Å². The average Bonchev–Trinajstić information content (AvgIpc) is 1.86. The Hall–Kier alpha value is -0.573. The van der Waals surface area contributed by atoms with Gasteiger partial charge in [-0.25, -0.2) is 0 Å². The van der Waals surface area contributed by atoms with Crippen LogP contribution in [-0.2, 0) is 9.22 Å². The molecular weight excluding hydrogens is 132 g/mol. The van der Waals surface area contributed by atoms with Gasteiger partial charge in [0.2, 0.25) is 10.5 Å². The minimum absolute atomic E-state index is 0.191. The summed E-state index contributed by atoms with van der Waals surface area (Å²) < 4.78 is 4.63. The summed E-state index contributed by atoms with van der Waals surface area (Å²) >= 11 is 0. The zero-order valence-corrected chi connectivity index (χ0v) is 8.10. The van der Waals surface area contributed by atoms with Gasteiger partial charge in [0.15, 0.2) is 0 Å². The summed E-state index contributed by atoms with van der Waals surface area (Å²) in [6, 6.07) is 0. The van der Waals surface area contributed by atoms with Crippen LogP contribution < -0.4 is 0 Å². The van der Waals surface area contributed by atoms with Crippen molar-refractivity contribution in [3.8, 4) is 0 Å². The minimum atomic E-state index is -0.512. The Bertz CT molecular complexity index is 129. The monoisotopic (exact) mass is 144 g/mol. The number of hydrogen-bond acceptors (Lipinski definition) is 2. The van der Waals surface area contributed by atoms with Crippen molar-refractivity contribution in [3.05, 3.63) is 12.7 Å². The highest BCUT2D eigenvalue weighted by molar-refractivity contribution is 6.06. The van der Waals surface area contributed by atoms with E-state index in [2.05, 4.69) is 11.0 Å². The fourth-order valence-electron chi connectivity index (χ4n) is 0.346. The summed E-state index contributed by atoms with van der Waals surface area (Å²) in [5.74, 6) is -0.191. The third kappa shape index (κ3) is 2.01. The predicted molar refractivity (Wildman–Crippen MR) is 40.0 cm³/mol. The van der Waals surface area contributed by atoms with Gasteiger partial charge in [0.1, 0.15) is 0 Å². The largest absolute Gasteiger partial charge is 0.528 e. The van der Waals surface area contributed by atoms with Gasteiger partial charge in [-0.05, 0) is 13.8 Å². The standard InChI is InChI=1S/C6H12O2Si/c1-4-6(2,3)5(7)8-9/h4H,1H2,2-3,9H3. The summed E-state index contributed by atoms with van der Waals surface area (Å²) in [7, 11) is 0.461. The first-order valence-electron chi connectivity index (χ1n) is 2.76. The fourth-order valence-corrected chi connectivity index (χ4v) is 0.872. The Balaban J connectivity index is 4.14. The van der Waals surface area contributed by atoms with Crippen LogP contribution in [0.1, 0.15) is 13.8 Å². The molecule has 9 heavy (non-hydrogen) atoms. The highest BCUT2D eigenvalue weighted by atomic mass is 28.2. The fraction of sp³-hybridized carbons (Fsp3) is 0.500. The van der Waals surface area contributed by atoms with Crippen molar-refractivity contribution in [3.63, 3.8) is 0 Å². The maximum Gasteiger partial charge on any atom is 0.301 e. The summed E-state index contributed by atoms with van der Waals surface area (Å²) in [4.78, 5) is 10.8. The molecule has 0 aliphatic heterocycles. The first-order chi connectivity index (χ1) is 4.04. The third-order valence-corrected chi connectivity index (χ3v) is 1.59. The molecule has 2 nitrogen and oxygen atoms in total. The molecule has 0 heterocycles. The van der Waals surface area contributed by atoms with E-state index in [4.69, 9.17) is 0 Å². The molecule has 0 saturated heterocycles. The van der Waals surface area contributed by atoms with E-state index in [0.717, 1.165) is 0 Å². The lowest BCUT2D eigenvalue weighted by atomic mass is 9.95. The highest BCUT2D eigenvalue weighted by Crippen LogP contribution is 2.16. The van der Waals surface area contributed by atoms with Crippen LogP contribution in [0.3, 0.4) is 0 Å². The van der Waals surface area contributed by atoms with Gasteiger partial charge in [-0.3, -0.25) is 4.79 Å². The Morgan fingerprint density at radius 2 is 2.22 bits per heavy atom. The molecule has 0 aromatic heterocycles. The van der Waals surface area contributed by atoms with E-state index in [9.17, 15) is 4.79 Å². The number of carbonyl (C=O) groups is 1. The average molecular weight is 144 g/mol. The molecule has 0 aliphatic rings. The van der Waals surface area contributed by atoms with Crippen LogP contribution in [0.25, 0.3) is 0 Å². The van der Waals surface area contributed by atoms with Crippen molar-refractivity contribution in [2.75, 3.05) is 0 Å². The molecule has 0 aliphatic carbocycles. The maximum atomic E-state index is 10.8. The number of rotatable bonds is 2. The van der Waals surface area contributed by atoms with Crippen LogP contribution in [0.4, 0.5) is 0 Å². The molecule has 0 saturated carbocycles. The second-order valence-electron chi connectivity index (χ2n) is 2.42. The smallest absolute Gasteiger partial charge is 0.301 e. The van der Waals surface area contributed by atoms with Crippen LogP contribution in [0.15, 0.2) is 12.7 Å². The Labute approximate surface area is 58.4 Å². The van der Waals surface area contributed by atoms with E-state index in [1.807, 2.05) is 0 Å². The molecule has 0 amide bonds. The van der Waals surface area contributed by atoms with Crippen molar-refractivity contribution < 1.29 is 9.22 Å². The second-order valence-corrected chi connectivity index (χ2v) is 2.83. The predicted octanol–water partition coefficient (Wildman–Crippen LogP) is 0.0222. The summed E-state index contributed by atoms with van der Waals surface area (Å²) in [6.45, 7) is 7.07. The normalized spacial score (nSPS) is 10.9. The van der Waals surface area contributed by atoms with E-state index in [1.165, 1.54) is 0 Å². The van der Waals surface area contributed by atoms with E-state index >= 15 is 0 Å². The lowest BCUT2D eigenvalue weighted by Gasteiger charge is -2.15. The number of hydrogen-bond donors (Lipinski definition) is 0. The molecule has 0 aromatic rings. The van der Waals surface area contributed by atoms with E-state index < -0.39 is 5.41 Å². The van der Waals surface area contributed by atoms with Crippen molar-refractivity contribution >= 4 is 16.5 Å². The van der Waals surface area contributed by atoms with Crippen LogP contribution in [0.5, 0.6) is 0 Å². The second kappa shape index (κ2) is 2.82. The molecule has 0 aromatic carbocycles. The molecule has 0 bridgehead atoms. The zero-order valence-electron chi connectivity index (χ0n) is 6.10. The zero-order chi connectivity index (χ0) is 7.49. The first-order valence-corrected chi connectivity index (χ1v) is 3.58. The molecule has 0 spiro atoms. The van der Waals surface area contributed by atoms with Gasteiger partial charge >= 0.3 is 5.97 Å². The van der Waals surface area contributed by atoms with Gasteiger partial charge in [-0.15, -0.1) is 6.58 Å². The minimum Gasteiger partial charge on any atom is -0.528 e. The van der Waals surface area contributed by atoms with Gasteiger partial charge < -0.3 is 4.43 Å². The van der Waals surface area contributed by atoms with Crippen molar-refractivity contribution in [1.82, 2.24) is 0 Å². The molecule has 0 unspecified atom stereocenters. The Morgan fingerprint density at radius 3 is 2.33 bits per heavy atom. The maximum absolute atomic E-state index is 10.8. The molecular formula is C6H12O2Si. The van der Waals surface area contributed by atoms with Crippen LogP contribution in [0, 0.1) is 5.41 Å². The van der Waals surface area contributed by atoms with Gasteiger partial charge in [-0.1, -0.05) is 6.08 Å². The summed E-state index contributed by atoms with van der Waals surface area (Å²) in [5.41, 5.74) is -0.512. The highest BCUT2D eigenvalue weighted by Gasteiger charge is 2.23. The van der Waals surface area contributed by atoms with Crippen LogP contribution >= 0.6 is 0 Å². The molecule has 3 heteroatoms. The van der Waals surface area contributed by atoms with Gasteiger partial charge in [0, 0.05) is 0 Å². The van der Waals surface area contributed by atoms with Gasteiger partial charge in [0.25, 0.3) is 0 Å². The van der Waals surface area contributed by atoms with Gasteiger partial charge in [0.05, 0.1) is 5.41 Å². The van der Waals surface area contributed by atoms with Crippen molar-refractivity contribution in [2.45, 2.75) is 13.8 Å². The van der Waals surface area contributed by atoms with E-state index in [-0.39, 0.29) is 5.97 Å².